The van der Waals surface area contributed by atoms with Crippen LogP contribution in [0.3, 0.4) is 0 Å². The van der Waals surface area contributed by atoms with E-state index in [1.165, 1.54) is 0 Å². The summed E-state index contributed by atoms with van der Waals surface area (Å²) >= 11 is 0. The van der Waals surface area contributed by atoms with Crippen molar-refractivity contribution in [3.05, 3.63) is 30.2 Å². The van der Waals surface area contributed by atoms with Crippen LogP contribution in [0.1, 0.15) is 44.9 Å². The van der Waals surface area contributed by atoms with Crippen LogP contribution in [-0.2, 0) is 4.79 Å². The molecular formula is C19H25N3O3. The summed E-state index contributed by atoms with van der Waals surface area (Å²) in [5.74, 6) is 2.31. The standard InChI is InChI=1S/C19H25N3O3/c1-4-13(2)19(23)22-10-6-8-15(12-22)18-20-17(21-25-18)14-7-5-9-16(11-14)24-3/h5,7,9,11,13,15H,4,6,8,10,12H2,1-3H3/t13-,15+/m1/s1. The molecule has 0 spiro atoms. The third kappa shape index (κ3) is 3.83. The van der Waals surface area contributed by atoms with E-state index in [4.69, 9.17) is 9.26 Å². The van der Waals surface area contributed by atoms with Gasteiger partial charge in [0.15, 0.2) is 0 Å². The van der Waals surface area contributed by atoms with E-state index < -0.39 is 0 Å². The third-order valence-electron chi connectivity index (χ3n) is 4.89. The fraction of sp³-hybridized carbons (Fsp3) is 0.526. The Balaban J connectivity index is 1.74. The van der Waals surface area contributed by atoms with Crippen molar-refractivity contribution in [2.45, 2.75) is 39.0 Å². The molecule has 25 heavy (non-hydrogen) atoms. The number of amides is 1. The van der Waals surface area contributed by atoms with Gasteiger partial charge in [-0.1, -0.05) is 31.1 Å². The van der Waals surface area contributed by atoms with E-state index in [1.54, 1.807) is 7.11 Å². The van der Waals surface area contributed by atoms with Crippen molar-refractivity contribution in [2.75, 3.05) is 20.2 Å². The summed E-state index contributed by atoms with van der Waals surface area (Å²) in [7, 11) is 1.63. The maximum Gasteiger partial charge on any atom is 0.231 e. The summed E-state index contributed by atoms with van der Waals surface area (Å²) in [4.78, 5) is 19.0. The highest BCUT2D eigenvalue weighted by atomic mass is 16.5. The predicted molar refractivity (Wildman–Crippen MR) is 94.3 cm³/mol. The van der Waals surface area contributed by atoms with Gasteiger partial charge in [-0.3, -0.25) is 4.79 Å². The zero-order valence-electron chi connectivity index (χ0n) is 15.1. The summed E-state index contributed by atoms with van der Waals surface area (Å²) in [6, 6.07) is 7.59. The van der Waals surface area contributed by atoms with Crippen LogP contribution in [0.5, 0.6) is 5.75 Å². The van der Waals surface area contributed by atoms with Crippen LogP contribution in [0.15, 0.2) is 28.8 Å². The first-order valence-electron chi connectivity index (χ1n) is 8.89. The van der Waals surface area contributed by atoms with Gasteiger partial charge in [0.1, 0.15) is 5.75 Å². The van der Waals surface area contributed by atoms with Gasteiger partial charge in [0.2, 0.25) is 17.6 Å². The molecule has 0 radical (unpaired) electrons. The lowest BCUT2D eigenvalue weighted by Gasteiger charge is -2.32. The molecule has 134 valence electrons. The van der Waals surface area contributed by atoms with E-state index in [9.17, 15) is 4.79 Å². The number of piperidine rings is 1. The Morgan fingerprint density at radius 1 is 1.48 bits per heavy atom. The van der Waals surface area contributed by atoms with Gasteiger partial charge in [0.05, 0.1) is 13.0 Å². The normalized spacial score (nSPS) is 18.8. The minimum atomic E-state index is 0.0637. The number of methoxy groups -OCH3 is 1. The van der Waals surface area contributed by atoms with E-state index in [0.717, 1.165) is 37.1 Å². The summed E-state index contributed by atoms with van der Waals surface area (Å²) in [5, 5.41) is 4.11. The Hall–Kier alpha value is -2.37. The van der Waals surface area contributed by atoms with Crippen molar-refractivity contribution in [3.63, 3.8) is 0 Å². The molecule has 3 rings (SSSR count). The number of benzene rings is 1. The SMILES string of the molecule is CC[C@@H](C)C(=O)N1CCC[C@H](c2nc(-c3cccc(OC)c3)no2)C1. The lowest BCUT2D eigenvalue weighted by molar-refractivity contribution is -0.136. The van der Waals surface area contributed by atoms with Gasteiger partial charge in [-0.2, -0.15) is 4.98 Å². The molecule has 2 heterocycles. The molecule has 0 aliphatic carbocycles. The van der Waals surface area contributed by atoms with E-state index in [1.807, 2.05) is 43.0 Å². The maximum absolute atomic E-state index is 12.4. The average molecular weight is 343 g/mol. The van der Waals surface area contributed by atoms with Crippen LogP contribution in [-0.4, -0.2) is 41.1 Å². The molecule has 0 saturated carbocycles. The summed E-state index contributed by atoms with van der Waals surface area (Å²) < 4.78 is 10.7. The van der Waals surface area contributed by atoms with Crippen molar-refractivity contribution < 1.29 is 14.1 Å². The van der Waals surface area contributed by atoms with Crippen molar-refractivity contribution in [1.82, 2.24) is 15.0 Å². The molecule has 0 bridgehead atoms. The minimum Gasteiger partial charge on any atom is -0.497 e. The van der Waals surface area contributed by atoms with E-state index in [0.29, 0.717) is 18.3 Å². The zero-order chi connectivity index (χ0) is 17.8. The number of likely N-dealkylation sites (tertiary alicyclic amines) is 1. The van der Waals surface area contributed by atoms with E-state index >= 15 is 0 Å². The molecule has 1 fully saturated rings. The molecule has 6 heteroatoms. The lowest BCUT2D eigenvalue weighted by Crippen LogP contribution is -2.41. The van der Waals surface area contributed by atoms with Gasteiger partial charge in [0.25, 0.3) is 0 Å². The number of carbonyl (C=O) groups is 1. The van der Waals surface area contributed by atoms with Crippen molar-refractivity contribution in [2.24, 2.45) is 5.92 Å². The van der Waals surface area contributed by atoms with E-state index in [2.05, 4.69) is 10.1 Å². The average Bonchev–Trinajstić information content (AvgIpc) is 3.17. The molecule has 0 N–H and O–H groups in total. The highest BCUT2D eigenvalue weighted by Gasteiger charge is 2.30. The van der Waals surface area contributed by atoms with Gasteiger partial charge in [-0.25, -0.2) is 0 Å². The van der Waals surface area contributed by atoms with Crippen LogP contribution < -0.4 is 4.74 Å². The molecule has 1 aromatic carbocycles. The second-order valence-corrected chi connectivity index (χ2v) is 6.62. The molecule has 0 unspecified atom stereocenters. The summed E-state index contributed by atoms with van der Waals surface area (Å²) in [5.41, 5.74) is 0.859. The number of ether oxygens (including phenoxy) is 1. The Labute approximate surface area is 148 Å². The molecule has 2 atom stereocenters. The molecule has 1 saturated heterocycles. The quantitative estimate of drug-likeness (QED) is 0.831. The Morgan fingerprint density at radius 3 is 3.08 bits per heavy atom. The third-order valence-corrected chi connectivity index (χ3v) is 4.89. The van der Waals surface area contributed by atoms with Gasteiger partial charge < -0.3 is 14.2 Å². The van der Waals surface area contributed by atoms with Crippen molar-refractivity contribution >= 4 is 5.91 Å². The smallest absolute Gasteiger partial charge is 0.231 e. The van der Waals surface area contributed by atoms with Crippen LogP contribution in [0, 0.1) is 5.92 Å². The van der Waals surface area contributed by atoms with Gasteiger partial charge in [-0.05, 0) is 31.4 Å². The Kier molecular flexibility index (Phi) is 5.36. The van der Waals surface area contributed by atoms with E-state index in [-0.39, 0.29) is 17.7 Å². The molecule has 1 aromatic heterocycles. The first kappa shape index (κ1) is 17.5. The number of nitrogens with zero attached hydrogens (tertiary/aromatic N) is 3. The Morgan fingerprint density at radius 2 is 2.32 bits per heavy atom. The van der Waals surface area contributed by atoms with Crippen molar-refractivity contribution in [3.8, 4) is 17.1 Å². The van der Waals surface area contributed by atoms with Gasteiger partial charge in [0, 0.05) is 24.6 Å². The predicted octanol–water partition coefficient (Wildman–Crippen LogP) is 3.50. The topological polar surface area (TPSA) is 68.5 Å². The second-order valence-electron chi connectivity index (χ2n) is 6.62. The maximum atomic E-state index is 12.4. The minimum absolute atomic E-state index is 0.0637. The first-order valence-corrected chi connectivity index (χ1v) is 8.89. The molecule has 1 aliphatic heterocycles. The number of carbonyl (C=O) groups excluding carboxylic acids is 1. The fourth-order valence-electron chi connectivity index (χ4n) is 3.15. The molecule has 6 nitrogen and oxygen atoms in total. The molecular weight excluding hydrogens is 318 g/mol. The number of hydrogen-bond acceptors (Lipinski definition) is 5. The second kappa shape index (κ2) is 7.68. The van der Waals surface area contributed by atoms with Gasteiger partial charge in [-0.15, -0.1) is 0 Å². The summed E-state index contributed by atoms with van der Waals surface area (Å²) in [6.07, 6.45) is 2.79. The fourth-order valence-corrected chi connectivity index (χ4v) is 3.15. The highest BCUT2D eigenvalue weighted by molar-refractivity contribution is 5.78. The molecule has 1 amide bonds. The van der Waals surface area contributed by atoms with Crippen LogP contribution >= 0.6 is 0 Å². The Bertz CT molecular complexity index is 728. The molecule has 2 aromatic rings. The van der Waals surface area contributed by atoms with Gasteiger partial charge >= 0.3 is 0 Å². The highest BCUT2D eigenvalue weighted by Crippen LogP contribution is 2.29. The number of hydrogen-bond donors (Lipinski definition) is 0. The number of rotatable bonds is 5. The largest absolute Gasteiger partial charge is 0.497 e. The van der Waals surface area contributed by atoms with Crippen LogP contribution in [0.25, 0.3) is 11.4 Å². The number of aromatic nitrogens is 2. The van der Waals surface area contributed by atoms with Crippen LogP contribution in [0.2, 0.25) is 0 Å². The first-order chi connectivity index (χ1) is 12.1. The lowest BCUT2D eigenvalue weighted by atomic mass is 9.96. The molecule has 1 aliphatic rings. The summed E-state index contributed by atoms with van der Waals surface area (Å²) in [6.45, 7) is 5.50. The zero-order valence-corrected chi connectivity index (χ0v) is 15.1. The van der Waals surface area contributed by atoms with Crippen molar-refractivity contribution in [1.29, 1.82) is 0 Å². The monoisotopic (exact) mass is 343 g/mol. The van der Waals surface area contributed by atoms with Crippen LogP contribution in [0.4, 0.5) is 0 Å².